The van der Waals surface area contributed by atoms with Crippen molar-refractivity contribution >= 4 is 17.7 Å². The van der Waals surface area contributed by atoms with Gasteiger partial charge in [0.2, 0.25) is 5.91 Å². The van der Waals surface area contributed by atoms with Gasteiger partial charge in [0.15, 0.2) is 0 Å². The second-order valence-corrected chi connectivity index (χ2v) is 5.61. The Labute approximate surface area is 123 Å². The number of amides is 1. The Kier molecular flexibility index (Phi) is 6.24. The number of furan rings is 1. The van der Waals surface area contributed by atoms with Crippen molar-refractivity contribution in [1.29, 1.82) is 0 Å². The van der Waals surface area contributed by atoms with Gasteiger partial charge in [0.05, 0.1) is 6.26 Å². The van der Waals surface area contributed by atoms with Gasteiger partial charge in [0.25, 0.3) is 0 Å². The molecule has 1 heterocycles. The number of nitrogens with one attached hydrogen (secondary N) is 1. The van der Waals surface area contributed by atoms with Crippen LogP contribution in [0.2, 0.25) is 0 Å². The molecule has 0 bridgehead atoms. The van der Waals surface area contributed by atoms with Gasteiger partial charge in [0.1, 0.15) is 5.76 Å². The van der Waals surface area contributed by atoms with Crippen LogP contribution in [0.15, 0.2) is 58.0 Å². The maximum Gasteiger partial charge on any atom is 0.220 e. The highest BCUT2D eigenvalue weighted by Crippen LogP contribution is 2.17. The molecule has 20 heavy (non-hydrogen) atoms. The minimum atomic E-state index is 0.0890. The lowest BCUT2D eigenvalue weighted by Gasteiger charge is -2.04. The summed E-state index contributed by atoms with van der Waals surface area (Å²) >= 11 is 1.82. The van der Waals surface area contributed by atoms with E-state index >= 15 is 0 Å². The van der Waals surface area contributed by atoms with E-state index in [4.69, 9.17) is 4.42 Å². The van der Waals surface area contributed by atoms with E-state index in [1.54, 1.807) is 6.26 Å². The van der Waals surface area contributed by atoms with Gasteiger partial charge >= 0.3 is 0 Å². The number of rotatable bonds is 8. The largest absolute Gasteiger partial charge is 0.469 e. The highest BCUT2D eigenvalue weighted by molar-refractivity contribution is 7.99. The molecule has 4 heteroatoms. The lowest BCUT2D eigenvalue weighted by Crippen LogP contribution is -2.24. The molecule has 0 radical (unpaired) electrons. The molecule has 3 nitrogen and oxygen atoms in total. The number of hydrogen-bond acceptors (Lipinski definition) is 3. The molecule has 0 saturated carbocycles. The summed E-state index contributed by atoms with van der Waals surface area (Å²) in [5, 5.41) is 2.94. The van der Waals surface area contributed by atoms with Gasteiger partial charge in [-0.1, -0.05) is 18.2 Å². The van der Waals surface area contributed by atoms with Crippen LogP contribution in [0.5, 0.6) is 0 Å². The molecule has 0 atom stereocenters. The fourth-order valence-electron chi connectivity index (χ4n) is 1.79. The van der Waals surface area contributed by atoms with Crippen LogP contribution < -0.4 is 5.32 Å². The van der Waals surface area contributed by atoms with Crippen LogP contribution in [-0.4, -0.2) is 18.2 Å². The summed E-state index contributed by atoms with van der Waals surface area (Å²) in [7, 11) is 0. The van der Waals surface area contributed by atoms with Crippen molar-refractivity contribution in [2.24, 2.45) is 0 Å². The first kappa shape index (κ1) is 14.7. The molecule has 0 aliphatic rings. The monoisotopic (exact) mass is 289 g/mol. The third-order valence-corrected chi connectivity index (χ3v) is 3.93. The van der Waals surface area contributed by atoms with Crippen LogP contribution in [-0.2, 0) is 11.2 Å². The van der Waals surface area contributed by atoms with Gasteiger partial charge in [-0.3, -0.25) is 4.79 Å². The SMILES string of the molecule is O=C(CCc1ccco1)NCCCSc1ccccc1. The predicted octanol–water partition coefficient (Wildman–Crippen LogP) is 3.51. The van der Waals surface area contributed by atoms with Crippen molar-refractivity contribution in [3.05, 3.63) is 54.5 Å². The van der Waals surface area contributed by atoms with Gasteiger partial charge in [-0.15, -0.1) is 11.8 Å². The van der Waals surface area contributed by atoms with Crippen molar-refractivity contribution in [2.75, 3.05) is 12.3 Å². The Balaban J connectivity index is 1.51. The number of carbonyl (C=O) groups is 1. The van der Waals surface area contributed by atoms with Crippen LogP contribution in [0, 0.1) is 0 Å². The Morgan fingerprint density at radius 1 is 1.15 bits per heavy atom. The van der Waals surface area contributed by atoms with Gasteiger partial charge < -0.3 is 9.73 Å². The third-order valence-electron chi connectivity index (χ3n) is 2.83. The lowest BCUT2D eigenvalue weighted by molar-refractivity contribution is -0.121. The molecular formula is C16H19NO2S. The second-order valence-electron chi connectivity index (χ2n) is 4.44. The Morgan fingerprint density at radius 3 is 2.75 bits per heavy atom. The normalized spacial score (nSPS) is 10.4. The molecule has 0 saturated heterocycles. The zero-order chi connectivity index (χ0) is 14.0. The molecule has 0 aliphatic heterocycles. The van der Waals surface area contributed by atoms with Crippen LogP contribution in [0.4, 0.5) is 0 Å². The van der Waals surface area contributed by atoms with E-state index in [0.29, 0.717) is 12.8 Å². The maximum absolute atomic E-state index is 11.6. The lowest BCUT2D eigenvalue weighted by atomic mass is 10.2. The summed E-state index contributed by atoms with van der Waals surface area (Å²) in [5.41, 5.74) is 0. The van der Waals surface area contributed by atoms with Gasteiger partial charge in [0, 0.05) is 24.3 Å². The van der Waals surface area contributed by atoms with E-state index < -0.39 is 0 Å². The Bertz CT molecular complexity index is 496. The summed E-state index contributed by atoms with van der Waals surface area (Å²) in [6.45, 7) is 0.733. The first-order valence-electron chi connectivity index (χ1n) is 6.81. The smallest absolute Gasteiger partial charge is 0.220 e. The van der Waals surface area contributed by atoms with Crippen molar-refractivity contribution in [3.63, 3.8) is 0 Å². The van der Waals surface area contributed by atoms with Crippen LogP contribution >= 0.6 is 11.8 Å². The standard InChI is InChI=1S/C16H19NO2S/c18-16(10-9-14-6-4-12-19-14)17-11-5-13-20-15-7-2-1-3-8-15/h1-4,6-8,12H,5,9-11,13H2,(H,17,18). The quantitative estimate of drug-likeness (QED) is 0.597. The van der Waals surface area contributed by atoms with Crippen molar-refractivity contribution in [2.45, 2.75) is 24.2 Å². The third kappa shape index (κ3) is 5.53. The molecule has 106 valence electrons. The average molecular weight is 289 g/mol. The minimum absolute atomic E-state index is 0.0890. The summed E-state index contributed by atoms with van der Waals surface area (Å²) in [6, 6.07) is 14.0. The van der Waals surface area contributed by atoms with Crippen LogP contribution in [0.1, 0.15) is 18.6 Å². The van der Waals surface area contributed by atoms with Gasteiger partial charge in [-0.05, 0) is 36.4 Å². The topological polar surface area (TPSA) is 42.2 Å². The first-order chi connectivity index (χ1) is 9.84. The molecule has 1 aromatic carbocycles. The van der Waals surface area contributed by atoms with Crippen molar-refractivity contribution in [3.8, 4) is 0 Å². The molecule has 1 amide bonds. The zero-order valence-corrected chi connectivity index (χ0v) is 12.2. The maximum atomic E-state index is 11.6. The highest BCUT2D eigenvalue weighted by atomic mass is 32.2. The molecule has 1 aromatic heterocycles. The Hall–Kier alpha value is -1.68. The molecule has 0 fully saturated rings. The number of aryl methyl sites for hydroxylation is 1. The molecule has 0 spiro atoms. The molecule has 1 N–H and O–H groups in total. The first-order valence-corrected chi connectivity index (χ1v) is 7.80. The van der Waals surface area contributed by atoms with E-state index in [0.717, 1.165) is 24.5 Å². The van der Waals surface area contributed by atoms with E-state index in [1.807, 2.05) is 42.1 Å². The summed E-state index contributed by atoms with van der Waals surface area (Å²) in [6.07, 6.45) is 3.76. The fourth-order valence-corrected chi connectivity index (χ4v) is 2.66. The van der Waals surface area contributed by atoms with E-state index in [-0.39, 0.29) is 5.91 Å². The second kappa shape index (κ2) is 8.48. The van der Waals surface area contributed by atoms with Gasteiger partial charge in [-0.2, -0.15) is 0 Å². The predicted molar refractivity (Wildman–Crippen MR) is 81.8 cm³/mol. The number of carbonyl (C=O) groups excluding carboxylic acids is 1. The summed E-state index contributed by atoms with van der Waals surface area (Å²) < 4.78 is 5.19. The molecular weight excluding hydrogens is 270 g/mol. The summed E-state index contributed by atoms with van der Waals surface area (Å²) in [5.74, 6) is 1.97. The number of hydrogen-bond donors (Lipinski definition) is 1. The highest BCUT2D eigenvalue weighted by Gasteiger charge is 2.03. The van der Waals surface area contributed by atoms with Gasteiger partial charge in [-0.25, -0.2) is 0 Å². The van der Waals surface area contributed by atoms with Crippen molar-refractivity contribution < 1.29 is 9.21 Å². The molecule has 0 unspecified atom stereocenters. The van der Waals surface area contributed by atoms with Crippen LogP contribution in [0.3, 0.4) is 0 Å². The van der Waals surface area contributed by atoms with Crippen molar-refractivity contribution in [1.82, 2.24) is 5.32 Å². The average Bonchev–Trinajstić information content (AvgIpc) is 2.99. The number of benzene rings is 1. The Morgan fingerprint density at radius 2 is 2.00 bits per heavy atom. The number of thioether (sulfide) groups is 1. The van der Waals surface area contributed by atoms with E-state index in [1.165, 1.54) is 4.90 Å². The molecule has 0 aliphatic carbocycles. The van der Waals surface area contributed by atoms with E-state index in [2.05, 4.69) is 17.4 Å². The summed E-state index contributed by atoms with van der Waals surface area (Å²) in [4.78, 5) is 12.9. The fraction of sp³-hybridized carbons (Fsp3) is 0.312. The molecule has 2 rings (SSSR count). The minimum Gasteiger partial charge on any atom is -0.469 e. The van der Waals surface area contributed by atoms with Crippen LogP contribution in [0.25, 0.3) is 0 Å². The molecule has 2 aromatic rings. The van der Waals surface area contributed by atoms with E-state index in [9.17, 15) is 4.79 Å². The zero-order valence-electron chi connectivity index (χ0n) is 11.4.